The summed E-state index contributed by atoms with van der Waals surface area (Å²) in [5.41, 5.74) is 1.85. The second-order valence-electron chi connectivity index (χ2n) is 5.76. The van der Waals surface area contributed by atoms with Crippen molar-refractivity contribution in [3.63, 3.8) is 0 Å². The number of carbonyl (C=O) groups is 1. The van der Waals surface area contributed by atoms with Crippen LogP contribution in [0.5, 0.6) is 5.75 Å². The minimum absolute atomic E-state index is 0.210. The van der Waals surface area contributed by atoms with E-state index in [1.54, 1.807) is 16.0 Å². The van der Waals surface area contributed by atoms with Gasteiger partial charge in [0.25, 0.3) is 0 Å². The Labute approximate surface area is 156 Å². The summed E-state index contributed by atoms with van der Waals surface area (Å²) in [5, 5.41) is 9.89. The molecule has 0 unspecified atom stereocenters. The summed E-state index contributed by atoms with van der Waals surface area (Å²) >= 11 is 1.72. The first-order valence-electron chi connectivity index (χ1n) is 8.49. The van der Waals surface area contributed by atoms with Crippen molar-refractivity contribution in [3.05, 3.63) is 53.7 Å². The number of benzene rings is 1. The molecule has 0 radical (unpaired) electrons. The van der Waals surface area contributed by atoms with Crippen LogP contribution in [0.15, 0.2) is 48.8 Å². The largest absolute Gasteiger partial charge is 0.494 e. The van der Waals surface area contributed by atoms with Gasteiger partial charge in [0.2, 0.25) is 0 Å². The molecule has 0 aliphatic heterocycles. The molecule has 136 valence electrons. The van der Waals surface area contributed by atoms with Crippen LogP contribution < -0.4 is 15.4 Å². The number of aryl methyl sites for hydroxylation is 1. The molecule has 2 amide bonds. The third kappa shape index (κ3) is 4.86. The zero-order chi connectivity index (χ0) is 18.4. The van der Waals surface area contributed by atoms with E-state index in [4.69, 9.17) is 4.74 Å². The molecule has 0 spiro atoms. The Hall–Kier alpha value is -2.80. The smallest absolute Gasteiger partial charge is 0.319 e. The van der Waals surface area contributed by atoms with Gasteiger partial charge in [-0.25, -0.2) is 4.79 Å². The summed E-state index contributed by atoms with van der Waals surface area (Å²) in [6, 6.07) is 11.3. The fourth-order valence-corrected chi connectivity index (χ4v) is 3.47. The molecule has 0 atom stereocenters. The van der Waals surface area contributed by atoms with Gasteiger partial charge in [-0.05, 0) is 49.7 Å². The lowest BCUT2D eigenvalue weighted by Gasteiger charge is -2.08. The molecule has 7 heteroatoms. The summed E-state index contributed by atoms with van der Waals surface area (Å²) in [6.45, 7) is 3.14. The summed E-state index contributed by atoms with van der Waals surface area (Å²) in [6.07, 6.45) is 4.65. The Kier molecular flexibility index (Phi) is 5.91. The Bertz CT molecular complexity index is 855. The lowest BCUT2D eigenvalue weighted by atomic mass is 10.3. The molecule has 1 aromatic carbocycles. The van der Waals surface area contributed by atoms with E-state index in [0.29, 0.717) is 13.2 Å². The van der Waals surface area contributed by atoms with E-state index in [-0.39, 0.29) is 6.03 Å². The topological polar surface area (TPSA) is 68.2 Å². The monoisotopic (exact) mass is 370 g/mol. The maximum atomic E-state index is 12.0. The number of rotatable bonds is 7. The summed E-state index contributed by atoms with van der Waals surface area (Å²) in [4.78, 5) is 14.4. The van der Waals surface area contributed by atoms with Crippen LogP contribution in [-0.2, 0) is 13.5 Å². The maximum absolute atomic E-state index is 12.0. The molecule has 2 heterocycles. The van der Waals surface area contributed by atoms with Crippen LogP contribution in [0.3, 0.4) is 0 Å². The standard InChI is InChI=1S/C19H22N4O2S/c1-3-25-16-6-4-15(5-7-16)22-19(24)20-11-10-17-8-9-18(26-17)14-12-21-23(2)13-14/h4-9,12-13H,3,10-11H2,1-2H3,(H2,20,22,24). The molecule has 3 rings (SSSR count). The van der Waals surface area contributed by atoms with Gasteiger partial charge in [-0.3, -0.25) is 4.68 Å². The van der Waals surface area contributed by atoms with Gasteiger partial charge in [-0.1, -0.05) is 0 Å². The summed E-state index contributed by atoms with van der Waals surface area (Å²) in [5.74, 6) is 0.792. The molecule has 6 nitrogen and oxygen atoms in total. The zero-order valence-corrected chi connectivity index (χ0v) is 15.7. The van der Waals surface area contributed by atoms with Gasteiger partial charge in [0.05, 0.1) is 12.8 Å². The van der Waals surface area contributed by atoms with Gasteiger partial charge in [0, 0.05) is 40.8 Å². The van der Waals surface area contributed by atoms with Gasteiger partial charge >= 0.3 is 6.03 Å². The van der Waals surface area contributed by atoms with Crippen molar-refractivity contribution in [1.29, 1.82) is 0 Å². The van der Waals surface area contributed by atoms with Gasteiger partial charge < -0.3 is 15.4 Å². The first kappa shape index (κ1) is 18.0. The zero-order valence-electron chi connectivity index (χ0n) is 14.9. The molecule has 0 bridgehead atoms. The number of nitrogens with zero attached hydrogens (tertiary/aromatic N) is 2. The van der Waals surface area contributed by atoms with Gasteiger partial charge in [-0.15, -0.1) is 11.3 Å². The van der Waals surface area contributed by atoms with Crippen LogP contribution in [0, 0.1) is 0 Å². The number of aromatic nitrogens is 2. The number of nitrogens with one attached hydrogen (secondary N) is 2. The van der Waals surface area contributed by atoms with Crippen LogP contribution in [0.1, 0.15) is 11.8 Å². The number of urea groups is 1. The molecule has 26 heavy (non-hydrogen) atoms. The number of ether oxygens (including phenoxy) is 1. The normalized spacial score (nSPS) is 10.5. The van der Waals surface area contributed by atoms with Gasteiger partial charge in [-0.2, -0.15) is 5.10 Å². The number of hydrogen-bond acceptors (Lipinski definition) is 4. The number of thiophene rings is 1. The van der Waals surface area contributed by atoms with E-state index in [2.05, 4.69) is 27.9 Å². The van der Waals surface area contributed by atoms with Crippen LogP contribution in [-0.4, -0.2) is 29.0 Å². The number of amides is 2. The second-order valence-corrected chi connectivity index (χ2v) is 6.93. The molecule has 2 N–H and O–H groups in total. The fraction of sp³-hybridized carbons (Fsp3) is 0.263. The third-order valence-corrected chi connectivity index (χ3v) is 4.93. The van der Waals surface area contributed by atoms with Gasteiger partial charge in [0.15, 0.2) is 0 Å². The molecule has 0 fully saturated rings. The van der Waals surface area contributed by atoms with Gasteiger partial charge in [0.1, 0.15) is 5.75 Å². The number of hydrogen-bond donors (Lipinski definition) is 2. The first-order valence-corrected chi connectivity index (χ1v) is 9.31. The SMILES string of the molecule is CCOc1ccc(NC(=O)NCCc2ccc(-c3cnn(C)c3)s2)cc1. The summed E-state index contributed by atoms with van der Waals surface area (Å²) < 4.78 is 7.18. The minimum Gasteiger partial charge on any atom is -0.494 e. The average Bonchev–Trinajstić information content (AvgIpc) is 3.26. The highest BCUT2D eigenvalue weighted by Gasteiger charge is 2.06. The molecule has 3 aromatic rings. The second kappa shape index (κ2) is 8.53. The quantitative estimate of drug-likeness (QED) is 0.662. The molecule has 2 aromatic heterocycles. The predicted octanol–water partition coefficient (Wildman–Crippen LogP) is 3.91. The minimum atomic E-state index is -0.210. The van der Waals surface area contributed by atoms with E-state index in [1.807, 2.05) is 50.6 Å². The van der Waals surface area contributed by atoms with Crippen molar-refractivity contribution in [2.75, 3.05) is 18.5 Å². The predicted molar refractivity (Wildman–Crippen MR) is 105 cm³/mol. The van der Waals surface area contributed by atoms with Crippen molar-refractivity contribution >= 4 is 23.1 Å². The van der Waals surface area contributed by atoms with E-state index in [0.717, 1.165) is 23.4 Å². The molecule has 0 aliphatic rings. The van der Waals surface area contributed by atoms with E-state index >= 15 is 0 Å². The van der Waals surface area contributed by atoms with Crippen molar-refractivity contribution < 1.29 is 9.53 Å². The lowest BCUT2D eigenvalue weighted by molar-refractivity contribution is 0.252. The molecular formula is C19H22N4O2S. The molecule has 0 aliphatic carbocycles. The van der Waals surface area contributed by atoms with E-state index in [1.165, 1.54) is 9.75 Å². The average molecular weight is 370 g/mol. The first-order chi connectivity index (χ1) is 12.6. The highest BCUT2D eigenvalue weighted by molar-refractivity contribution is 7.15. The van der Waals surface area contributed by atoms with E-state index < -0.39 is 0 Å². The Morgan fingerprint density at radius 2 is 2.04 bits per heavy atom. The molecule has 0 saturated heterocycles. The Morgan fingerprint density at radius 3 is 2.73 bits per heavy atom. The van der Waals surface area contributed by atoms with Crippen LogP contribution >= 0.6 is 11.3 Å². The molecular weight excluding hydrogens is 348 g/mol. The van der Waals surface area contributed by atoms with Crippen LogP contribution in [0.4, 0.5) is 10.5 Å². The molecule has 0 saturated carbocycles. The van der Waals surface area contributed by atoms with E-state index in [9.17, 15) is 4.79 Å². The maximum Gasteiger partial charge on any atom is 0.319 e. The van der Waals surface area contributed by atoms with Crippen molar-refractivity contribution in [1.82, 2.24) is 15.1 Å². The van der Waals surface area contributed by atoms with Crippen molar-refractivity contribution in [2.45, 2.75) is 13.3 Å². The van der Waals surface area contributed by atoms with Crippen molar-refractivity contribution in [2.24, 2.45) is 7.05 Å². The van der Waals surface area contributed by atoms with Crippen molar-refractivity contribution in [3.8, 4) is 16.2 Å². The third-order valence-electron chi connectivity index (χ3n) is 3.73. The highest BCUT2D eigenvalue weighted by Crippen LogP contribution is 2.27. The highest BCUT2D eigenvalue weighted by atomic mass is 32.1. The fourth-order valence-electron chi connectivity index (χ4n) is 2.49. The Balaban J connectivity index is 1.44. The Morgan fingerprint density at radius 1 is 1.23 bits per heavy atom. The number of anilines is 1. The lowest BCUT2D eigenvalue weighted by Crippen LogP contribution is -2.30. The van der Waals surface area contributed by atoms with Crippen LogP contribution in [0.25, 0.3) is 10.4 Å². The van der Waals surface area contributed by atoms with Crippen LogP contribution in [0.2, 0.25) is 0 Å². The number of carbonyl (C=O) groups excluding carboxylic acids is 1. The summed E-state index contributed by atoms with van der Waals surface area (Å²) in [7, 11) is 1.91.